The summed E-state index contributed by atoms with van der Waals surface area (Å²) in [6.45, 7) is 0. The molecule has 0 atom stereocenters. The van der Waals surface area contributed by atoms with Gasteiger partial charge in [-0.15, -0.1) is 11.3 Å². The molecule has 63 heavy (non-hydrogen) atoms. The fourth-order valence-corrected chi connectivity index (χ4v) is 12.2. The Morgan fingerprint density at radius 2 is 0.540 bits per heavy atom. The molecule has 0 radical (unpaired) electrons. The van der Waals surface area contributed by atoms with Gasteiger partial charge in [0, 0.05) is 20.2 Å². The second kappa shape index (κ2) is 13.3. The molecule has 0 saturated carbocycles. The van der Waals surface area contributed by atoms with E-state index in [1.807, 2.05) is 11.3 Å². The Morgan fingerprint density at radius 3 is 1.03 bits per heavy atom. The number of thiophene rings is 1. The maximum atomic E-state index is 2.47. The summed E-state index contributed by atoms with van der Waals surface area (Å²) in [5, 5.41) is 23.1. The largest absolute Gasteiger partial charge is 0.135 e. The van der Waals surface area contributed by atoms with E-state index in [0.717, 1.165) is 0 Å². The minimum absolute atomic E-state index is 1.24. The highest BCUT2D eigenvalue weighted by Gasteiger charge is 2.23. The van der Waals surface area contributed by atoms with E-state index in [-0.39, 0.29) is 0 Å². The zero-order chi connectivity index (χ0) is 41.2. The van der Waals surface area contributed by atoms with E-state index in [1.54, 1.807) is 0 Å². The molecule has 0 amide bonds. The molecule has 0 bridgehead atoms. The number of rotatable bonds is 3. The van der Waals surface area contributed by atoms with Crippen LogP contribution < -0.4 is 0 Å². The van der Waals surface area contributed by atoms with E-state index in [1.165, 1.54) is 140 Å². The molecule has 0 spiro atoms. The Labute approximate surface area is 367 Å². The minimum Gasteiger partial charge on any atom is -0.135 e. The molecule has 0 aliphatic carbocycles. The monoisotopic (exact) mass is 812 g/mol. The minimum atomic E-state index is 1.24. The van der Waals surface area contributed by atoms with Crippen LogP contribution >= 0.6 is 11.3 Å². The summed E-state index contributed by atoms with van der Waals surface area (Å²) in [5.74, 6) is 0. The van der Waals surface area contributed by atoms with E-state index in [4.69, 9.17) is 0 Å². The van der Waals surface area contributed by atoms with Crippen LogP contribution in [0, 0.1) is 0 Å². The summed E-state index contributed by atoms with van der Waals surface area (Å²) in [7, 11) is 0. The highest BCUT2D eigenvalue weighted by Crippen LogP contribution is 2.51. The van der Waals surface area contributed by atoms with E-state index in [9.17, 15) is 0 Å². The summed E-state index contributed by atoms with van der Waals surface area (Å²) < 4.78 is 2.64. The highest BCUT2D eigenvalue weighted by molar-refractivity contribution is 7.25. The molecule has 0 nitrogen and oxygen atoms in total. The van der Waals surface area contributed by atoms with Gasteiger partial charge in [-0.1, -0.05) is 188 Å². The lowest BCUT2D eigenvalue weighted by molar-refractivity contribution is 1.68. The van der Waals surface area contributed by atoms with Crippen LogP contribution in [-0.4, -0.2) is 0 Å². The molecule has 0 unspecified atom stereocenters. The van der Waals surface area contributed by atoms with Gasteiger partial charge >= 0.3 is 0 Å². The summed E-state index contributed by atoms with van der Waals surface area (Å²) in [4.78, 5) is 0. The van der Waals surface area contributed by atoms with Crippen LogP contribution in [0.3, 0.4) is 0 Å². The first-order valence-electron chi connectivity index (χ1n) is 21.8. The number of hydrogen-bond donors (Lipinski definition) is 0. The Hall–Kier alpha value is -7.84. The molecule has 1 aromatic heterocycles. The SMILES string of the molecule is c1ccc2cc(-c3c4ccccc4c(-c4c5ccccc5c(-c5ccc6sc7cc8c9ccccc9c9ccccc9c8cc7c6c5)c5ccccc45)c4ccccc34)ccc2c1. The molecule has 0 aliphatic rings. The summed E-state index contributed by atoms with van der Waals surface area (Å²) in [6.07, 6.45) is 0. The summed E-state index contributed by atoms with van der Waals surface area (Å²) >= 11 is 1.90. The highest BCUT2D eigenvalue weighted by atomic mass is 32.1. The van der Waals surface area contributed by atoms with Gasteiger partial charge in [0.05, 0.1) is 0 Å². The quantitative estimate of drug-likeness (QED) is 0.123. The molecular weight excluding hydrogens is 777 g/mol. The molecule has 0 aliphatic heterocycles. The van der Waals surface area contributed by atoms with E-state index in [0.29, 0.717) is 0 Å². The molecule has 1 heteroatoms. The van der Waals surface area contributed by atoms with Crippen molar-refractivity contribution in [2.75, 3.05) is 0 Å². The van der Waals surface area contributed by atoms with Gasteiger partial charge in [0.25, 0.3) is 0 Å². The Kier molecular flexibility index (Phi) is 7.37. The molecule has 0 fully saturated rings. The Morgan fingerprint density at radius 1 is 0.190 bits per heavy atom. The van der Waals surface area contributed by atoms with Crippen LogP contribution in [0.15, 0.2) is 218 Å². The van der Waals surface area contributed by atoms with Crippen molar-refractivity contribution < 1.29 is 0 Å². The standard InChI is InChI=1S/C62H36S/c1-2-16-38-33-39(30-29-37(38)15-1)59-45-21-7-11-25-49(45)61(50-26-12-8-22-46(50)59)62-51-27-13-9-23-47(51)60(48-24-10-14-28-52(48)62)40-31-32-57-55(34-40)56-35-53-43-19-5-3-17-41(43)42-18-4-6-20-44(42)54(53)36-58(56)63-57/h1-36H. The van der Waals surface area contributed by atoms with E-state index in [2.05, 4.69) is 218 Å². The van der Waals surface area contributed by atoms with Crippen LogP contribution in [0.4, 0.5) is 0 Å². The topological polar surface area (TPSA) is 0 Å². The molecule has 290 valence electrons. The van der Waals surface area contributed by atoms with Crippen molar-refractivity contribution in [3.8, 4) is 33.4 Å². The zero-order valence-electron chi connectivity index (χ0n) is 34.2. The van der Waals surface area contributed by atoms with Gasteiger partial charge in [0.1, 0.15) is 0 Å². The van der Waals surface area contributed by atoms with E-state index < -0.39 is 0 Å². The molecule has 13 aromatic carbocycles. The molecule has 14 aromatic rings. The number of hydrogen-bond acceptors (Lipinski definition) is 1. The van der Waals surface area contributed by atoms with Crippen molar-refractivity contribution >= 4 is 118 Å². The molecular formula is C62H36S. The Bertz CT molecular complexity index is 4150. The van der Waals surface area contributed by atoms with Crippen LogP contribution in [0.1, 0.15) is 0 Å². The van der Waals surface area contributed by atoms with Crippen molar-refractivity contribution in [1.29, 1.82) is 0 Å². The van der Waals surface area contributed by atoms with Crippen LogP contribution in [-0.2, 0) is 0 Å². The number of benzene rings is 13. The first-order chi connectivity index (χ1) is 31.3. The summed E-state index contributed by atoms with van der Waals surface area (Å²) in [6, 6.07) is 81.9. The normalized spacial score (nSPS) is 12.1. The van der Waals surface area contributed by atoms with Gasteiger partial charge in [0.2, 0.25) is 0 Å². The van der Waals surface area contributed by atoms with Crippen molar-refractivity contribution in [1.82, 2.24) is 0 Å². The van der Waals surface area contributed by atoms with Crippen LogP contribution in [0.2, 0.25) is 0 Å². The molecule has 0 N–H and O–H groups in total. The lowest BCUT2D eigenvalue weighted by atomic mass is 9.81. The van der Waals surface area contributed by atoms with Crippen molar-refractivity contribution in [3.05, 3.63) is 218 Å². The maximum Gasteiger partial charge on any atom is 0.0362 e. The van der Waals surface area contributed by atoms with Crippen LogP contribution in [0.25, 0.3) is 140 Å². The van der Waals surface area contributed by atoms with Crippen molar-refractivity contribution in [2.45, 2.75) is 0 Å². The molecule has 0 saturated heterocycles. The predicted molar refractivity (Wildman–Crippen MR) is 276 cm³/mol. The van der Waals surface area contributed by atoms with Gasteiger partial charge in [-0.2, -0.15) is 0 Å². The van der Waals surface area contributed by atoms with Crippen LogP contribution in [0.5, 0.6) is 0 Å². The van der Waals surface area contributed by atoms with Gasteiger partial charge in [-0.3, -0.25) is 0 Å². The fraction of sp³-hybridized carbons (Fsp3) is 0. The van der Waals surface area contributed by atoms with Crippen molar-refractivity contribution in [3.63, 3.8) is 0 Å². The molecule has 1 heterocycles. The third-order valence-electron chi connectivity index (χ3n) is 13.8. The van der Waals surface area contributed by atoms with Gasteiger partial charge in [-0.25, -0.2) is 0 Å². The lowest BCUT2D eigenvalue weighted by Crippen LogP contribution is -1.94. The fourth-order valence-electron chi connectivity index (χ4n) is 11.1. The predicted octanol–water partition coefficient (Wildman–Crippen LogP) is 18.3. The van der Waals surface area contributed by atoms with Crippen molar-refractivity contribution in [2.24, 2.45) is 0 Å². The first-order valence-corrected chi connectivity index (χ1v) is 22.6. The third-order valence-corrected chi connectivity index (χ3v) is 14.9. The second-order valence-corrected chi connectivity index (χ2v) is 18.1. The maximum absolute atomic E-state index is 2.47. The second-order valence-electron chi connectivity index (χ2n) is 17.0. The third kappa shape index (κ3) is 5.03. The smallest absolute Gasteiger partial charge is 0.0362 e. The zero-order valence-corrected chi connectivity index (χ0v) is 35.0. The van der Waals surface area contributed by atoms with E-state index >= 15 is 0 Å². The lowest BCUT2D eigenvalue weighted by Gasteiger charge is -2.22. The molecule has 14 rings (SSSR count). The van der Waals surface area contributed by atoms with Gasteiger partial charge < -0.3 is 0 Å². The van der Waals surface area contributed by atoms with Gasteiger partial charge in [0.15, 0.2) is 0 Å². The average molecular weight is 813 g/mol. The number of fused-ring (bicyclic) bond motifs is 14. The van der Waals surface area contributed by atoms with Gasteiger partial charge in [-0.05, 0) is 150 Å². The Balaban J connectivity index is 1.05. The summed E-state index contributed by atoms with van der Waals surface area (Å²) in [5.41, 5.74) is 7.62. The average Bonchev–Trinajstić information content (AvgIpc) is 3.71. The first kappa shape index (κ1) is 34.8.